The van der Waals surface area contributed by atoms with E-state index in [1.165, 1.54) is 6.33 Å². The number of rotatable bonds is 6. The van der Waals surface area contributed by atoms with Gasteiger partial charge in [0.05, 0.1) is 6.33 Å². The molecule has 0 aromatic carbocycles. The maximum absolute atomic E-state index is 4.22. The molecule has 2 heterocycles. The summed E-state index contributed by atoms with van der Waals surface area (Å²) in [7, 11) is 2.14. The van der Waals surface area contributed by atoms with Crippen LogP contribution in [0.5, 0.6) is 0 Å². The SMILES string of the molecule is CC(C)N(C)CCCNc1ncnc2nc[nH]c12. The molecule has 0 aliphatic carbocycles. The first kappa shape index (κ1) is 12.8. The first-order valence-electron chi connectivity index (χ1n) is 6.26. The van der Waals surface area contributed by atoms with Crippen molar-refractivity contribution in [3.63, 3.8) is 0 Å². The Morgan fingerprint density at radius 1 is 1.33 bits per heavy atom. The fraction of sp³-hybridized carbons (Fsp3) is 0.583. The molecule has 6 nitrogen and oxygen atoms in total. The Kier molecular flexibility index (Phi) is 4.09. The van der Waals surface area contributed by atoms with Gasteiger partial charge in [0, 0.05) is 12.6 Å². The Hall–Kier alpha value is -1.69. The minimum Gasteiger partial charge on any atom is -0.368 e. The van der Waals surface area contributed by atoms with Crippen molar-refractivity contribution < 1.29 is 0 Å². The number of imidazole rings is 1. The van der Waals surface area contributed by atoms with Crippen molar-refractivity contribution in [1.29, 1.82) is 0 Å². The Balaban J connectivity index is 1.85. The van der Waals surface area contributed by atoms with Gasteiger partial charge in [-0.2, -0.15) is 0 Å². The number of hydrogen-bond donors (Lipinski definition) is 2. The maximum atomic E-state index is 4.22. The summed E-state index contributed by atoms with van der Waals surface area (Å²) in [6.45, 7) is 6.36. The molecule has 0 spiro atoms. The lowest BCUT2D eigenvalue weighted by molar-refractivity contribution is 0.273. The molecule has 0 fully saturated rings. The lowest BCUT2D eigenvalue weighted by Crippen LogP contribution is -2.28. The number of fused-ring (bicyclic) bond motifs is 1. The summed E-state index contributed by atoms with van der Waals surface area (Å²) in [5, 5.41) is 3.32. The average molecular weight is 248 g/mol. The normalized spacial score (nSPS) is 11.6. The minimum atomic E-state index is 0.586. The van der Waals surface area contributed by atoms with Crippen molar-refractivity contribution in [3.8, 4) is 0 Å². The highest BCUT2D eigenvalue weighted by molar-refractivity contribution is 5.81. The molecule has 2 N–H and O–H groups in total. The molecule has 0 amide bonds. The highest BCUT2D eigenvalue weighted by Crippen LogP contribution is 2.13. The van der Waals surface area contributed by atoms with Gasteiger partial charge in [0.15, 0.2) is 11.5 Å². The fourth-order valence-corrected chi connectivity index (χ4v) is 1.69. The first-order valence-corrected chi connectivity index (χ1v) is 6.26. The van der Waals surface area contributed by atoms with Gasteiger partial charge in [-0.1, -0.05) is 0 Å². The van der Waals surface area contributed by atoms with Crippen molar-refractivity contribution >= 4 is 17.0 Å². The van der Waals surface area contributed by atoms with Crippen molar-refractivity contribution in [2.24, 2.45) is 0 Å². The van der Waals surface area contributed by atoms with Crippen LogP contribution in [-0.4, -0.2) is 51.0 Å². The van der Waals surface area contributed by atoms with E-state index in [2.05, 4.69) is 51.0 Å². The van der Waals surface area contributed by atoms with Crippen LogP contribution in [0.2, 0.25) is 0 Å². The van der Waals surface area contributed by atoms with Gasteiger partial charge in [-0.15, -0.1) is 0 Å². The summed E-state index contributed by atoms with van der Waals surface area (Å²) in [6.07, 6.45) is 4.25. The third kappa shape index (κ3) is 2.95. The van der Waals surface area contributed by atoms with Gasteiger partial charge in [0.2, 0.25) is 0 Å². The van der Waals surface area contributed by atoms with E-state index in [9.17, 15) is 0 Å². The number of aromatic nitrogens is 4. The molecule has 0 aliphatic rings. The third-order valence-electron chi connectivity index (χ3n) is 3.08. The van der Waals surface area contributed by atoms with Gasteiger partial charge in [-0.3, -0.25) is 0 Å². The van der Waals surface area contributed by atoms with Crippen LogP contribution in [0.1, 0.15) is 20.3 Å². The summed E-state index contributed by atoms with van der Waals surface area (Å²) in [5.41, 5.74) is 1.57. The van der Waals surface area contributed by atoms with E-state index >= 15 is 0 Å². The third-order valence-corrected chi connectivity index (χ3v) is 3.08. The molecule has 0 bridgehead atoms. The number of anilines is 1. The van der Waals surface area contributed by atoms with Crippen LogP contribution >= 0.6 is 0 Å². The van der Waals surface area contributed by atoms with Crippen molar-refractivity contribution in [1.82, 2.24) is 24.8 Å². The summed E-state index contributed by atoms with van der Waals surface area (Å²) in [4.78, 5) is 17.8. The predicted octanol–water partition coefficient (Wildman–Crippen LogP) is 1.50. The van der Waals surface area contributed by atoms with Crippen LogP contribution in [-0.2, 0) is 0 Å². The number of H-pyrrole nitrogens is 1. The van der Waals surface area contributed by atoms with Gasteiger partial charge >= 0.3 is 0 Å². The quantitative estimate of drug-likeness (QED) is 0.758. The first-order chi connectivity index (χ1) is 8.68. The van der Waals surface area contributed by atoms with E-state index in [0.29, 0.717) is 11.7 Å². The van der Waals surface area contributed by atoms with E-state index < -0.39 is 0 Å². The second kappa shape index (κ2) is 5.77. The standard InChI is InChI=1S/C12H20N6/c1-9(2)18(3)6-4-5-13-11-10-12(15-7-14-10)17-8-16-11/h7-9H,4-6H2,1-3H3,(H2,13,14,15,16,17). The molecule has 0 atom stereocenters. The molecule has 0 saturated carbocycles. The predicted molar refractivity (Wildman–Crippen MR) is 72.6 cm³/mol. The minimum absolute atomic E-state index is 0.586. The zero-order chi connectivity index (χ0) is 13.0. The Labute approximate surface area is 107 Å². The fourth-order valence-electron chi connectivity index (χ4n) is 1.69. The lowest BCUT2D eigenvalue weighted by Gasteiger charge is -2.20. The van der Waals surface area contributed by atoms with Gasteiger partial charge in [-0.05, 0) is 33.9 Å². The smallest absolute Gasteiger partial charge is 0.182 e. The Morgan fingerprint density at radius 2 is 2.17 bits per heavy atom. The molecule has 0 aliphatic heterocycles. The topological polar surface area (TPSA) is 69.7 Å². The van der Waals surface area contributed by atoms with Crippen molar-refractivity contribution in [2.75, 3.05) is 25.5 Å². The molecule has 2 rings (SSSR count). The zero-order valence-corrected chi connectivity index (χ0v) is 11.1. The van der Waals surface area contributed by atoms with Gasteiger partial charge in [-0.25, -0.2) is 15.0 Å². The van der Waals surface area contributed by atoms with Crippen molar-refractivity contribution in [3.05, 3.63) is 12.7 Å². The highest BCUT2D eigenvalue weighted by Gasteiger charge is 2.05. The summed E-state index contributed by atoms with van der Waals surface area (Å²) in [5.74, 6) is 0.824. The number of hydrogen-bond acceptors (Lipinski definition) is 5. The van der Waals surface area contributed by atoms with Crippen LogP contribution < -0.4 is 5.32 Å². The van der Waals surface area contributed by atoms with E-state index in [0.717, 1.165) is 30.8 Å². The van der Waals surface area contributed by atoms with Crippen LogP contribution in [0.25, 0.3) is 11.2 Å². The highest BCUT2D eigenvalue weighted by atomic mass is 15.1. The molecule has 2 aromatic rings. The molecule has 6 heteroatoms. The average Bonchev–Trinajstić information content (AvgIpc) is 2.83. The summed E-state index contributed by atoms with van der Waals surface area (Å²) >= 11 is 0. The summed E-state index contributed by atoms with van der Waals surface area (Å²) in [6, 6.07) is 0.586. The Morgan fingerprint density at radius 3 is 2.94 bits per heavy atom. The molecule has 0 radical (unpaired) electrons. The monoisotopic (exact) mass is 248 g/mol. The van der Waals surface area contributed by atoms with E-state index in [1.54, 1.807) is 6.33 Å². The molecule has 0 saturated heterocycles. The van der Waals surface area contributed by atoms with E-state index in [-0.39, 0.29) is 0 Å². The molecular weight excluding hydrogens is 228 g/mol. The Bertz CT molecular complexity index is 492. The number of nitrogens with zero attached hydrogens (tertiary/aromatic N) is 4. The molecule has 98 valence electrons. The van der Waals surface area contributed by atoms with Gasteiger partial charge < -0.3 is 15.2 Å². The molecule has 2 aromatic heterocycles. The summed E-state index contributed by atoms with van der Waals surface area (Å²) < 4.78 is 0. The molecule has 0 unspecified atom stereocenters. The lowest BCUT2D eigenvalue weighted by atomic mass is 10.3. The molecule has 18 heavy (non-hydrogen) atoms. The van der Waals surface area contributed by atoms with Crippen LogP contribution in [0.3, 0.4) is 0 Å². The number of aromatic amines is 1. The van der Waals surface area contributed by atoms with Gasteiger partial charge in [0.1, 0.15) is 11.8 Å². The van der Waals surface area contributed by atoms with Crippen LogP contribution in [0.4, 0.5) is 5.82 Å². The van der Waals surface area contributed by atoms with E-state index in [4.69, 9.17) is 0 Å². The second-order valence-corrected chi connectivity index (χ2v) is 4.68. The van der Waals surface area contributed by atoms with Gasteiger partial charge in [0.25, 0.3) is 0 Å². The van der Waals surface area contributed by atoms with E-state index in [1.807, 2.05) is 0 Å². The second-order valence-electron chi connectivity index (χ2n) is 4.68. The van der Waals surface area contributed by atoms with Crippen molar-refractivity contribution in [2.45, 2.75) is 26.3 Å². The maximum Gasteiger partial charge on any atom is 0.182 e. The number of nitrogens with one attached hydrogen (secondary N) is 2. The largest absolute Gasteiger partial charge is 0.368 e. The zero-order valence-electron chi connectivity index (χ0n) is 11.1. The molecular formula is C12H20N6. The van der Waals surface area contributed by atoms with Crippen LogP contribution in [0, 0.1) is 0 Å². The van der Waals surface area contributed by atoms with Crippen LogP contribution in [0.15, 0.2) is 12.7 Å².